The Morgan fingerprint density at radius 1 is 0.745 bits per heavy atom. The minimum Gasteiger partial charge on any atom is -0.484 e. The molecule has 2 unspecified atom stereocenters. The minimum atomic E-state index is -0.141. The van der Waals surface area contributed by atoms with Crippen LogP contribution in [0.25, 0.3) is 61.7 Å². The molecule has 2 aromatic heterocycles. The van der Waals surface area contributed by atoms with Gasteiger partial charge in [0.2, 0.25) is 0 Å². The number of ether oxygens (including phenoxy) is 1. The number of rotatable bonds is 4. The van der Waals surface area contributed by atoms with Crippen LogP contribution in [0.3, 0.4) is 0 Å². The first-order chi connectivity index (χ1) is 25.2. The van der Waals surface area contributed by atoms with Gasteiger partial charge in [0.1, 0.15) is 11.9 Å². The number of benzene rings is 5. The molecule has 0 N–H and O–H groups in total. The zero-order chi connectivity index (χ0) is 33.7. The Labute approximate surface area is 298 Å². The lowest BCUT2D eigenvalue weighted by Crippen LogP contribution is -2.32. The van der Waals surface area contributed by atoms with E-state index in [-0.39, 0.29) is 11.5 Å². The van der Waals surface area contributed by atoms with Crippen molar-refractivity contribution in [2.45, 2.75) is 50.7 Å². The summed E-state index contributed by atoms with van der Waals surface area (Å²) in [6.07, 6.45) is 22.4. The summed E-state index contributed by atoms with van der Waals surface area (Å²) in [5, 5.41) is 3.99. The highest BCUT2D eigenvalue weighted by Gasteiger charge is 2.44. The smallest absolute Gasteiger partial charge is 0.130 e. The van der Waals surface area contributed by atoms with E-state index in [2.05, 4.69) is 162 Å². The van der Waals surface area contributed by atoms with Crippen molar-refractivity contribution in [2.75, 3.05) is 0 Å². The molecule has 0 bridgehead atoms. The lowest BCUT2D eigenvalue weighted by atomic mass is 9.76. The zero-order valence-electron chi connectivity index (χ0n) is 28.8. The zero-order valence-corrected chi connectivity index (χ0v) is 28.8. The maximum atomic E-state index is 6.71. The summed E-state index contributed by atoms with van der Waals surface area (Å²) in [6, 6.07) is 36.4. The second kappa shape index (κ2) is 10.8. The van der Waals surface area contributed by atoms with Gasteiger partial charge < -0.3 is 13.9 Å². The molecule has 0 saturated carbocycles. The summed E-state index contributed by atoms with van der Waals surface area (Å²) in [6.45, 7) is 3.04. The highest BCUT2D eigenvalue weighted by atomic mass is 16.5. The standard InChI is InChI=1S/C48H38N2O/c1-48-29-9-8-22-44(48)51-47-33(14-11-19-39(47)48)30-49-40-20-6-4-16-37(40)45-42(49)27-28-43-46(45)38-17-5-7-21-41(38)50(43)34-25-23-32(24-26-34)36-18-10-13-31-12-2-3-15-35(31)36/h2,4-6,8-14,16-20,22-29,44H,3,7,15,21,30H2,1H3. The molecule has 4 aliphatic rings. The van der Waals surface area contributed by atoms with Crippen LogP contribution >= 0.6 is 0 Å². The summed E-state index contributed by atoms with van der Waals surface area (Å²) >= 11 is 0. The number of aromatic nitrogens is 2. The quantitative estimate of drug-likeness (QED) is 0.184. The summed E-state index contributed by atoms with van der Waals surface area (Å²) < 4.78 is 11.8. The molecule has 11 rings (SSSR count). The normalized spacial score (nSPS) is 19.7. The molecule has 0 amide bonds. The average Bonchev–Trinajstić information content (AvgIpc) is 3.80. The van der Waals surface area contributed by atoms with Gasteiger partial charge in [-0.25, -0.2) is 0 Å². The molecule has 3 heteroatoms. The Hall–Kier alpha value is -5.80. The van der Waals surface area contributed by atoms with E-state index in [9.17, 15) is 0 Å². The average molecular weight is 659 g/mol. The molecule has 246 valence electrons. The molecule has 3 nitrogen and oxygen atoms in total. The van der Waals surface area contributed by atoms with Crippen molar-refractivity contribution >= 4 is 44.9 Å². The van der Waals surface area contributed by atoms with Gasteiger partial charge in [-0.1, -0.05) is 109 Å². The van der Waals surface area contributed by atoms with Gasteiger partial charge in [0.05, 0.1) is 23.0 Å². The Bertz CT molecular complexity index is 2710. The van der Waals surface area contributed by atoms with Crippen molar-refractivity contribution in [1.82, 2.24) is 9.13 Å². The van der Waals surface area contributed by atoms with Crippen molar-refractivity contribution in [3.63, 3.8) is 0 Å². The SMILES string of the molecule is CC12C=CC=CC1Oc1c(Cn3c4ccccc4c4c5c6c(n(-c7ccc(-c8cccc9c8CCC=C9)cc7)c5ccc43)CCC=C6)cccc12. The third-order valence-corrected chi connectivity index (χ3v) is 12.0. The first-order valence-electron chi connectivity index (χ1n) is 18.5. The number of nitrogens with zero attached hydrogens (tertiary/aromatic N) is 2. The molecule has 0 saturated heterocycles. The number of allylic oxidation sites excluding steroid dienone is 4. The number of hydrogen-bond donors (Lipinski definition) is 0. The van der Waals surface area contributed by atoms with Crippen LogP contribution in [0.5, 0.6) is 5.75 Å². The van der Waals surface area contributed by atoms with Crippen molar-refractivity contribution < 1.29 is 4.74 Å². The van der Waals surface area contributed by atoms with Crippen LogP contribution in [0, 0.1) is 0 Å². The third-order valence-electron chi connectivity index (χ3n) is 12.0. The summed E-state index contributed by atoms with van der Waals surface area (Å²) in [5.74, 6) is 1.04. The van der Waals surface area contributed by atoms with Crippen LogP contribution < -0.4 is 4.74 Å². The van der Waals surface area contributed by atoms with Crippen molar-refractivity contribution in [3.05, 3.63) is 167 Å². The molecular formula is C48H38N2O. The summed E-state index contributed by atoms with van der Waals surface area (Å²) in [5.41, 5.74) is 15.6. The van der Waals surface area contributed by atoms with E-state index in [4.69, 9.17) is 4.74 Å². The molecule has 3 heterocycles. The molecule has 5 aromatic carbocycles. The Morgan fingerprint density at radius 3 is 2.53 bits per heavy atom. The maximum absolute atomic E-state index is 6.71. The molecule has 7 aromatic rings. The van der Waals surface area contributed by atoms with Crippen molar-refractivity contribution in [1.29, 1.82) is 0 Å². The van der Waals surface area contributed by atoms with Crippen LogP contribution in [-0.2, 0) is 24.8 Å². The van der Waals surface area contributed by atoms with E-state index in [1.54, 1.807) is 0 Å². The lowest BCUT2D eigenvalue weighted by Gasteiger charge is -2.26. The Kier molecular flexibility index (Phi) is 6.16. The number of fused-ring (bicyclic) bond motifs is 11. The largest absolute Gasteiger partial charge is 0.484 e. The Balaban J connectivity index is 1.08. The summed E-state index contributed by atoms with van der Waals surface area (Å²) in [4.78, 5) is 0. The fraction of sp³-hybridized carbons (Fsp3) is 0.167. The highest BCUT2D eigenvalue weighted by molar-refractivity contribution is 6.23. The van der Waals surface area contributed by atoms with Gasteiger partial charge in [0.25, 0.3) is 0 Å². The molecule has 3 aliphatic carbocycles. The van der Waals surface area contributed by atoms with E-state index < -0.39 is 0 Å². The molecule has 0 fully saturated rings. The van der Waals surface area contributed by atoms with Crippen LogP contribution in [0.4, 0.5) is 0 Å². The molecule has 51 heavy (non-hydrogen) atoms. The fourth-order valence-corrected chi connectivity index (χ4v) is 9.54. The van der Waals surface area contributed by atoms with Gasteiger partial charge in [-0.15, -0.1) is 0 Å². The van der Waals surface area contributed by atoms with Crippen LogP contribution in [-0.4, -0.2) is 15.2 Å². The molecule has 0 radical (unpaired) electrons. The monoisotopic (exact) mass is 658 g/mol. The fourth-order valence-electron chi connectivity index (χ4n) is 9.54. The predicted octanol–water partition coefficient (Wildman–Crippen LogP) is 11.5. The van der Waals surface area contributed by atoms with Crippen LogP contribution in [0.1, 0.15) is 53.3 Å². The van der Waals surface area contributed by atoms with E-state index in [1.807, 2.05) is 0 Å². The number of para-hydroxylation sites is 2. The maximum Gasteiger partial charge on any atom is 0.130 e. The lowest BCUT2D eigenvalue weighted by molar-refractivity contribution is 0.226. The van der Waals surface area contributed by atoms with Crippen LogP contribution in [0.2, 0.25) is 0 Å². The van der Waals surface area contributed by atoms with E-state index in [0.717, 1.165) is 38.0 Å². The second-order valence-electron chi connectivity index (χ2n) is 14.8. The first-order valence-corrected chi connectivity index (χ1v) is 18.5. The Morgan fingerprint density at radius 2 is 1.59 bits per heavy atom. The number of hydrogen-bond acceptors (Lipinski definition) is 1. The van der Waals surface area contributed by atoms with E-state index >= 15 is 0 Å². The third kappa shape index (κ3) is 4.12. The second-order valence-corrected chi connectivity index (χ2v) is 14.8. The van der Waals surface area contributed by atoms with Crippen molar-refractivity contribution in [3.8, 4) is 22.6 Å². The highest BCUT2D eigenvalue weighted by Crippen LogP contribution is 2.49. The van der Waals surface area contributed by atoms with Gasteiger partial charge in [0, 0.05) is 49.7 Å². The molecule has 1 aliphatic heterocycles. The van der Waals surface area contributed by atoms with Gasteiger partial charge in [0.15, 0.2) is 0 Å². The topological polar surface area (TPSA) is 19.1 Å². The molecule has 2 atom stereocenters. The molecule has 0 spiro atoms. The summed E-state index contributed by atoms with van der Waals surface area (Å²) in [7, 11) is 0. The molecular weight excluding hydrogens is 621 g/mol. The predicted molar refractivity (Wildman–Crippen MR) is 212 cm³/mol. The van der Waals surface area contributed by atoms with E-state index in [1.165, 1.54) is 83.0 Å². The van der Waals surface area contributed by atoms with Gasteiger partial charge in [-0.05, 0) is 91.3 Å². The van der Waals surface area contributed by atoms with Gasteiger partial charge in [-0.3, -0.25) is 0 Å². The van der Waals surface area contributed by atoms with Crippen LogP contribution in [0.15, 0.2) is 134 Å². The van der Waals surface area contributed by atoms with E-state index in [0.29, 0.717) is 0 Å². The first kappa shape index (κ1) is 29.0. The minimum absolute atomic E-state index is 0.0266. The van der Waals surface area contributed by atoms with Gasteiger partial charge >= 0.3 is 0 Å². The van der Waals surface area contributed by atoms with Crippen molar-refractivity contribution in [2.24, 2.45) is 0 Å². The van der Waals surface area contributed by atoms with Gasteiger partial charge in [-0.2, -0.15) is 0 Å².